The molecule has 1 fully saturated rings. The summed E-state index contributed by atoms with van der Waals surface area (Å²) in [6.45, 7) is 1.82. The van der Waals surface area contributed by atoms with Crippen LogP contribution in [0, 0.1) is 22.0 Å². The van der Waals surface area contributed by atoms with Gasteiger partial charge in [0.05, 0.1) is 9.95 Å². The Bertz CT molecular complexity index is 734. The van der Waals surface area contributed by atoms with E-state index in [9.17, 15) is 23.3 Å². The zero-order valence-electron chi connectivity index (χ0n) is 10.9. The number of hydrogen-bond acceptors (Lipinski definition) is 6. The van der Waals surface area contributed by atoms with E-state index in [2.05, 4.69) is 0 Å². The average molecular weight is 334 g/mol. The predicted molar refractivity (Wildman–Crippen MR) is 75.1 cm³/mol. The number of amides is 1. The van der Waals surface area contributed by atoms with E-state index in [1.165, 1.54) is 0 Å². The number of carbonyl (C=O) groups excluding carboxylic acids is 1. The Hall–Kier alpha value is -1.87. The molecule has 0 bridgehead atoms. The zero-order chi connectivity index (χ0) is 15.9. The van der Waals surface area contributed by atoms with Crippen molar-refractivity contribution in [2.24, 2.45) is 11.8 Å². The second kappa shape index (κ2) is 5.15. The first kappa shape index (κ1) is 15.5. The molecule has 21 heavy (non-hydrogen) atoms. The van der Waals surface area contributed by atoms with Crippen molar-refractivity contribution in [3.63, 3.8) is 0 Å². The smallest absolute Gasteiger partial charge is 0.293 e. The van der Waals surface area contributed by atoms with Crippen molar-refractivity contribution < 1.29 is 18.1 Å². The Morgan fingerprint density at radius 2 is 2.10 bits per heavy atom. The summed E-state index contributed by atoms with van der Waals surface area (Å²) in [6, 6.07) is 1.71. The van der Waals surface area contributed by atoms with E-state index in [0.717, 1.165) is 12.1 Å². The molecule has 114 valence electrons. The van der Waals surface area contributed by atoms with E-state index < -0.39 is 31.4 Å². The summed E-state index contributed by atoms with van der Waals surface area (Å²) in [4.78, 5) is 21.1. The fourth-order valence-corrected chi connectivity index (χ4v) is 3.46. The molecular weight excluding hydrogens is 322 g/mol. The Balaban J connectivity index is 2.37. The number of anilines is 1. The number of halogens is 1. The van der Waals surface area contributed by atoms with Crippen LogP contribution in [-0.2, 0) is 14.8 Å². The van der Waals surface area contributed by atoms with Gasteiger partial charge in [-0.1, -0.05) is 18.5 Å². The van der Waals surface area contributed by atoms with Gasteiger partial charge in [0.25, 0.3) is 15.7 Å². The van der Waals surface area contributed by atoms with Crippen LogP contribution in [0.5, 0.6) is 0 Å². The van der Waals surface area contributed by atoms with Crippen molar-refractivity contribution in [3.8, 4) is 0 Å². The van der Waals surface area contributed by atoms with E-state index in [1.807, 2.05) is 11.6 Å². The molecule has 2 unspecified atom stereocenters. The maximum Gasteiger partial charge on any atom is 0.293 e. The van der Waals surface area contributed by atoms with Crippen molar-refractivity contribution in [2.75, 3.05) is 5.73 Å². The molecule has 0 aliphatic heterocycles. The van der Waals surface area contributed by atoms with Crippen LogP contribution in [0.15, 0.2) is 17.0 Å². The average Bonchev–Trinajstić information content (AvgIpc) is 3.04. The number of benzene rings is 1. The van der Waals surface area contributed by atoms with Crippen LogP contribution in [0.3, 0.4) is 0 Å². The van der Waals surface area contributed by atoms with Crippen molar-refractivity contribution in [1.82, 2.24) is 4.72 Å². The van der Waals surface area contributed by atoms with E-state index >= 15 is 0 Å². The third-order valence-electron chi connectivity index (χ3n) is 3.25. The molecule has 3 N–H and O–H groups in total. The number of carbonyl (C=O) groups is 1. The first-order valence-electron chi connectivity index (χ1n) is 5.93. The SMILES string of the molecule is CC1CC1C(=O)NS(=O)(=O)c1cc([N+](=O)[O-])c(N)cc1Cl. The first-order chi connectivity index (χ1) is 9.63. The summed E-state index contributed by atoms with van der Waals surface area (Å²) < 4.78 is 26.1. The number of hydrogen-bond donors (Lipinski definition) is 2. The van der Waals surface area contributed by atoms with Gasteiger partial charge in [0, 0.05) is 12.0 Å². The van der Waals surface area contributed by atoms with Crippen LogP contribution in [0.2, 0.25) is 5.02 Å². The monoisotopic (exact) mass is 333 g/mol. The molecule has 2 rings (SSSR count). The van der Waals surface area contributed by atoms with Crippen molar-refractivity contribution in [3.05, 3.63) is 27.3 Å². The molecular formula is C11H12ClN3O5S. The Morgan fingerprint density at radius 3 is 2.57 bits per heavy atom. The molecule has 10 heteroatoms. The van der Waals surface area contributed by atoms with Crippen molar-refractivity contribution >= 4 is 38.9 Å². The van der Waals surface area contributed by atoms with E-state index in [-0.39, 0.29) is 22.5 Å². The molecule has 0 heterocycles. The summed E-state index contributed by atoms with van der Waals surface area (Å²) in [7, 11) is -4.28. The zero-order valence-corrected chi connectivity index (χ0v) is 12.4. The van der Waals surface area contributed by atoms with Gasteiger partial charge in [-0.05, 0) is 18.4 Å². The van der Waals surface area contributed by atoms with E-state index in [1.54, 1.807) is 0 Å². The second-order valence-electron chi connectivity index (χ2n) is 4.89. The Labute approximate surface area is 125 Å². The number of nitro benzene ring substituents is 1. The fraction of sp³-hybridized carbons (Fsp3) is 0.364. The van der Waals surface area contributed by atoms with Gasteiger partial charge >= 0.3 is 0 Å². The number of nitrogens with two attached hydrogens (primary N) is 1. The Kier molecular flexibility index (Phi) is 3.81. The number of nitro groups is 1. The highest BCUT2D eigenvalue weighted by Gasteiger charge is 2.41. The molecule has 1 aromatic carbocycles. The molecule has 0 aromatic heterocycles. The van der Waals surface area contributed by atoms with Crippen LogP contribution in [0.4, 0.5) is 11.4 Å². The fourth-order valence-electron chi connectivity index (χ4n) is 1.87. The normalized spacial score (nSPS) is 20.9. The molecule has 1 aromatic rings. The highest BCUT2D eigenvalue weighted by molar-refractivity contribution is 7.90. The predicted octanol–water partition coefficient (Wildman–Crippen LogP) is 1.29. The minimum atomic E-state index is -4.28. The van der Waals surface area contributed by atoms with Gasteiger partial charge in [0.2, 0.25) is 5.91 Å². The lowest BCUT2D eigenvalue weighted by atomic mass is 10.3. The molecule has 1 saturated carbocycles. The van der Waals surface area contributed by atoms with Gasteiger partial charge in [-0.15, -0.1) is 0 Å². The highest BCUT2D eigenvalue weighted by Crippen LogP contribution is 2.38. The third kappa shape index (κ3) is 3.08. The standard InChI is InChI=1S/C11H12ClN3O5S/c1-5-2-6(5)11(16)14-21(19,20)10-4-9(15(17)18)8(13)3-7(10)12/h3-6H,2,13H2,1H3,(H,14,16). The highest BCUT2D eigenvalue weighted by atomic mass is 35.5. The number of nitrogens with one attached hydrogen (secondary N) is 1. The number of sulfonamides is 1. The topological polar surface area (TPSA) is 132 Å². The van der Waals surface area contributed by atoms with Crippen molar-refractivity contribution in [2.45, 2.75) is 18.2 Å². The minimum Gasteiger partial charge on any atom is -0.393 e. The van der Waals surface area contributed by atoms with Crippen LogP contribution in [0.1, 0.15) is 13.3 Å². The summed E-state index contributed by atoms with van der Waals surface area (Å²) in [5, 5.41) is 10.5. The lowest BCUT2D eigenvalue weighted by Crippen LogP contribution is -2.32. The van der Waals surface area contributed by atoms with Gasteiger partial charge in [-0.2, -0.15) is 0 Å². The lowest BCUT2D eigenvalue weighted by Gasteiger charge is -2.09. The van der Waals surface area contributed by atoms with Gasteiger partial charge in [0.15, 0.2) is 0 Å². The molecule has 2 atom stereocenters. The Morgan fingerprint density at radius 1 is 1.52 bits per heavy atom. The van der Waals surface area contributed by atoms with Crippen LogP contribution in [0.25, 0.3) is 0 Å². The molecule has 1 aliphatic rings. The van der Waals surface area contributed by atoms with Gasteiger partial charge in [0.1, 0.15) is 10.6 Å². The maximum absolute atomic E-state index is 12.1. The summed E-state index contributed by atoms with van der Waals surface area (Å²) in [6.07, 6.45) is 0.608. The molecule has 0 saturated heterocycles. The summed E-state index contributed by atoms with van der Waals surface area (Å²) >= 11 is 5.76. The van der Waals surface area contributed by atoms with E-state index in [0.29, 0.717) is 6.42 Å². The molecule has 0 spiro atoms. The van der Waals surface area contributed by atoms with Crippen molar-refractivity contribution in [1.29, 1.82) is 0 Å². The lowest BCUT2D eigenvalue weighted by molar-refractivity contribution is -0.384. The van der Waals surface area contributed by atoms with Crippen LogP contribution < -0.4 is 10.5 Å². The first-order valence-corrected chi connectivity index (χ1v) is 7.79. The molecule has 1 amide bonds. The van der Waals surface area contributed by atoms with Gasteiger partial charge < -0.3 is 5.73 Å². The van der Waals surface area contributed by atoms with E-state index in [4.69, 9.17) is 17.3 Å². The van der Waals surface area contributed by atoms with Crippen LogP contribution in [-0.4, -0.2) is 19.2 Å². The second-order valence-corrected chi connectivity index (χ2v) is 6.95. The molecule has 0 radical (unpaired) electrons. The molecule has 8 nitrogen and oxygen atoms in total. The minimum absolute atomic E-state index is 0.122. The van der Waals surface area contributed by atoms with Crippen LogP contribution >= 0.6 is 11.6 Å². The number of rotatable bonds is 4. The largest absolute Gasteiger partial charge is 0.393 e. The van der Waals surface area contributed by atoms with Gasteiger partial charge in [-0.25, -0.2) is 13.1 Å². The number of nitrogens with zero attached hydrogens (tertiary/aromatic N) is 1. The molecule has 1 aliphatic carbocycles. The summed E-state index contributed by atoms with van der Waals surface area (Å²) in [5.74, 6) is -0.878. The number of nitrogen functional groups attached to an aromatic ring is 1. The maximum atomic E-state index is 12.1. The third-order valence-corrected chi connectivity index (χ3v) is 5.06. The quantitative estimate of drug-likeness (QED) is 0.484. The van der Waals surface area contributed by atoms with Gasteiger partial charge in [-0.3, -0.25) is 14.9 Å². The summed E-state index contributed by atoms with van der Waals surface area (Å²) in [5.41, 5.74) is 4.55.